The Kier molecular flexibility index (Phi) is 13.1. The van der Waals surface area contributed by atoms with Crippen molar-refractivity contribution in [1.29, 1.82) is 5.26 Å². The van der Waals surface area contributed by atoms with Crippen LogP contribution in [0.1, 0.15) is 60.6 Å². The number of aryl methyl sites for hydroxylation is 2. The highest BCUT2D eigenvalue weighted by Gasteiger charge is 2.31. The molecule has 2 aromatic carbocycles. The molecule has 1 aromatic heterocycles. The van der Waals surface area contributed by atoms with E-state index < -0.39 is 47.6 Å². The topological polar surface area (TPSA) is 178 Å². The molecule has 1 unspecified atom stereocenters. The second kappa shape index (κ2) is 17.0. The van der Waals surface area contributed by atoms with E-state index in [0.717, 1.165) is 0 Å². The van der Waals surface area contributed by atoms with Gasteiger partial charge in [0.05, 0.1) is 11.8 Å². The summed E-state index contributed by atoms with van der Waals surface area (Å²) in [6.45, 7) is 10.2. The first-order valence-corrected chi connectivity index (χ1v) is 15.5. The zero-order valence-electron chi connectivity index (χ0n) is 27.8. The van der Waals surface area contributed by atoms with E-state index in [9.17, 15) is 33.9 Å². The molecule has 0 saturated carbocycles. The number of aliphatic hydroxyl groups is 1. The quantitative estimate of drug-likeness (QED) is 0.150. The van der Waals surface area contributed by atoms with Gasteiger partial charge in [0, 0.05) is 36.8 Å². The summed E-state index contributed by atoms with van der Waals surface area (Å²) < 4.78 is 19.5. The number of benzene rings is 2. The van der Waals surface area contributed by atoms with Crippen LogP contribution in [0.25, 0.3) is 0 Å². The van der Waals surface area contributed by atoms with Crippen molar-refractivity contribution in [2.45, 2.75) is 72.7 Å². The number of aromatic nitrogens is 1. The third-order valence-electron chi connectivity index (χ3n) is 7.27. The van der Waals surface area contributed by atoms with Gasteiger partial charge in [0.15, 0.2) is 0 Å². The van der Waals surface area contributed by atoms with Crippen molar-refractivity contribution in [2.24, 2.45) is 5.92 Å². The lowest BCUT2D eigenvalue weighted by Crippen LogP contribution is -2.57. The fourth-order valence-electron chi connectivity index (χ4n) is 4.83. The monoisotopic (exact) mass is 660 g/mol. The van der Waals surface area contributed by atoms with Crippen molar-refractivity contribution in [3.05, 3.63) is 94.1 Å². The molecule has 4 N–H and O–H groups in total. The number of allylic oxidation sites excluding steroid dienone is 1. The van der Waals surface area contributed by atoms with Crippen molar-refractivity contribution in [3.63, 3.8) is 0 Å². The van der Waals surface area contributed by atoms with E-state index in [2.05, 4.69) is 21.1 Å². The number of rotatable bonds is 14. The van der Waals surface area contributed by atoms with E-state index in [1.165, 1.54) is 24.0 Å². The summed E-state index contributed by atoms with van der Waals surface area (Å²) in [4.78, 5) is 54.4. The summed E-state index contributed by atoms with van der Waals surface area (Å²) >= 11 is 0. The second-order valence-corrected chi connectivity index (χ2v) is 11.8. The minimum atomic E-state index is -1.48. The molecule has 0 radical (unpaired) electrons. The molecular weight excluding hydrogens is 619 g/mol. The summed E-state index contributed by atoms with van der Waals surface area (Å²) in [5.41, 5.74) is 2.38. The smallest absolute Gasteiger partial charge is 0.290 e. The van der Waals surface area contributed by atoms with E-state index in [1.807, 2.05) is 19.9 Å². The largest absolute Gasteiger partial charge is 0.391 e. The van der Waals surface area contributed by atoms with Crippen LogP contribution in [0.15, 0.2) is 64.7 Å². The molecule has 0 saturated heterocycles. The Bertz CT molecular complexity index is 1710. The van der Waals surface area contributed by atoms with Gasteiger partial charge in [-0.1, -0.05) is 49.3 Å². The van der Waals surface area contributed by atoms with Crippen molar-refractivity contribution >= 4 is 29.3 Å². The minimum Gasteiger partial charge on any atom is -0.391 e. The molecular formula is C35H41FN6O6. The normalized spacial score (nSPS) is 13.2. The van der Waals surface area contributed by atoms with E-state index >= 15 is 0 Å². The van der Waals surface area contributed by atoms with Gasteiger partial charge in [0.1, 0.15) is 29.5 Å². The third kappa shape index (κ3) is 10.1. The summed E-state index contributed by atoms with van der Waals surface area (Å²) in [7, 11) is 0. The molecule has 4 amide bonds. The van der Waals surface area contributed by atoms with E-state index in [1.54, 1.807) is 63.2 Å². The SMILES string of the molecule is CCN(C(=O)C(C#N)=CC(C)C)c1cccc(CC(NC(=O)[C@@H](NC(=O)c2cc(C)no2)[C@@H](C)O)C(=O)NCc2ccc(C)cc2F)c1. The number of anilines is 1. The average Bonchev–Trinajstić information content (AvgIpc) is 3.48. The van der Waals surface area contributed by atoms with Crippen molar-refractivity contribution in [1.82, 2.24) is 21.1 Å². The molecule has 3 aromatic rings. The highest BCUT2D eigenvalue weighted by Crippen LogP contribution is 2.20. The lowest BCUT2D eigenvalue weighted by molar-refractivity contribution is -0.131. The molecule has 12 nitrogen and oxygen atoms in total. The van der Waals surface area contributed by atoms with Gasteiger partial charge >= 0.3 is 0 Å². The number of halogens is 1. The highest BCUT2D eigenvalue weighted by atomic mass is 19.1. The van der Waals surface area contributed by atoms with Crippen molar-refractivity contribution < 1.29 is 33.2 Å². The molecule has 1 heterocycles. The molecule has 0 aliphatic rings. The Morgan fingerprint density at radius 3 is 2.38 bits per heavy atom. The first-order chi connectivity index (χ1) is 22.7. The van der Waals surface area contributed by atoms with E-state index in [0.29, 0.717) is 22.5 Å². The number of amides is 4. The van der Waals surface area contributed by atoms with Gasteiger partial charge in [0.2, 0.25) is 17.6 Å². The average molecular weight is 661 g/mol. The van der Waals surface area contributed by atoms with Crippen LogP contribution < -0.4 is 20.9 Å². The van der Waals surface area contributed by atoms with Crippen LogP contribution in [0.2, 0.25) is 0 Å². The molecule has 0 spiro atoms. The Morgan fingerprint density at radius 2 is 1.79 bits per heavy atom. The first-order valence-electron chi connectivity index (χ1n) is 15.5. The maximum Gasteiger partial charge on any atom is 0.290 e. The number of hydrogen-bond acceptors (Lipinski definition) is 8. The number of nitriles is 1. The van der Waals surface area contributed by atoms with Crippen LogP contribution >= 0.6 is 0 Å². The maximum absolute atomic E-state index is 14.5. The van der Waals surface area contributed by atoms with Gasteiger partial charge < -0.3 is 30.5 Å². The highest BCUT2D eigenvalue weighted by molar-refractivity contribution is 6.08. The summed E-state index contributed by atoms with van der Waals surface area (Å²) in [5.74, 6) is -3.51. The number of nitrogens with one attached hydrogen (secondary N) is 3. The molecule has 0 fully saturated rings. The molecule has 3 rings (SSSR count). The molecule has 48 heavy (non-hydrogen) atoms. The van der Waals surface area contributed by atoms with E-state index in [4.69, 9.17) is 4.52 Å². The Labute approximate surface area is 279 Å². The number of hydrogen-bond donors (Lipinski definition) is 4. The first kappa shape index (κ1) is 37.1. The van der Waals surface area contributed by atoms with Gasteiger partial charge in [-0.05, 0) is 62.9 Å². The number of likely N-dealkylation sites (N-methyl/N-ethyl adjacent to an activating group) is 1. The van der Waals surface area contributed by atoms with Crippen LogP contribution in [0.4, 0.5) is 10.1 Å². The molecule has 0 aliphatic heterocycles. The van der Waals surface area contributed by atoms with Crippen molar-refractivity contribution in [3.8, 4) is 6.07 Å². The summed E-state index contributed by atoms with van der Waals surface area (Å²) in [6.07, 6.45) is 0.133. The van der Waals surface area contributed by atoms with Gasteiger partial charge in [0.25, 0.3) is 11.8 Å². The van der Waals surface area contributed by atoms with Crippen molar-refractivity contribution in [2.75, 3.05) is 11.4 Å². The van der Waals surface area contributed by atoms with Crippen LogP contribution in [0, 0.1) is 36.9 Å². The Hall–Kier alpha value is -5.35. The standard InChI is InChI=1S/C35H41FN6O6/c1-7-42(35(47)26(18-37)13-20(2)3)27-10-8-9-24(16-27)17-29(32(44)38-19-25-12-11-21(4)14-28(25)36)39-34(46)31(23(6)43)40-33(45)30-15-22(5)41-48-30/h8-16,20,23,29,31,43H,7,17,19H2,1-6H3,(H,38,44)(H,39,46)(H,40,45)/t23-,29?,31+/m1/s1. The number of carbonyl (C=O) groups is 4. The maximum atomic E-state index is 14.5. The third-order valence-corrected chi connectivity index (χ3v) is 7.27. The summed E-state index contributed by atoms with van der Waals surface area (Å²) in [6, 6.07) is 11.9. The Morgan fingerprint density at radius 1 is 1.06 bits per heavy atom. The van der Waals surface area contributed by atoms with Gasteiger partial charge in [-0.25, -0.2) is 4.39 Å². The lowest BCUT2D eigenvalue weighted by Gasteiger charge is -2.25. The van der Waals surface area contributed by atoms with Crippen LogP contribution in [-0.2, 0) is 27.3 Å². The predicted molar refractivity (Wildman–Crippen MR) is 176 cm³/mol. The van der Waals surface area contributed by atoms with Gasteiger partial charge in [-0.3, -0.25) is 19.2 Å². The predicted octanol–water partition coefficient (Wildman–Crippen LogP) is 3.41. The van der Waals surface area contributed by atoms with Gasteiger partial charge in [-0.15, -0.1) is 0 Å². The van der Waals surface area contributed by atoms with Gasteiger partial charge in [-0.2, -0.15) is 5.26 Å². The second-order valence-electron chi connectivity index (χ2n) is 11.8. The fraction of sp³-hybridized carbons (Fsp3) is 0.371. The number of carbonyl (C=O) groups excluding carboxylic acids is 4. The van der Waals surface area contributed by atoms with Crippen LogP contribution in [0.5, 0.6) is 0 Å². The molecule has 13 heteroatoms. The van der Waals surface area contributed by atoms with Crippen LogP contribution in [-0.4, -0.2) is 58.6 Å². The Balaban J connectivity index is 1.90. The summed E-state index contributed by atoms with van der Waals surface area (Å²) in [5, 5.41) is 31.3. The number of nitrogens with zero attached hydrogens (tertiary/aromatic N) is 3. The minimum absolute atomic E-state index is 0.00295. The van der Waals surface area contributed by atoms with Crippen LogP contribution in [0.3, 0.4) is 0 Å². The fourth-order valence-corrected chi connectivity index (χ4v) is 4.83. The van der Waals surface area contributed by atoms with E-state index in [-0.39, 0.29) is 42.3 Å². The molecule has 0 aliphatic carbocycles. The lowest BCUT2D eigenvalue weighted by atomic mass is 10.0. The molecule has 0 bridgehead atoms. The number of aliphatic hydroxyl groups excluding tert-OH is 1. The molecule has 3 atom stereocenters. The molecule has 254 valence electrons. The zero-order chi connectivity index (χ0) is 35.5. The zero-order valence-corrected chi connectivity index (χ0v) is 27.8.